The number of benzene rings is 1. The van der Waals surface area contributed by atoms with E-state index in [9.17, 15) is 0 Å². The Labute approximate surface area is 116 Å². The molecule has 0 unspecified atom stereocenters. The lowest BCUT2D eigenvalue weighted by atomic mass is 9.90. The topological polar surface area (TPSA) is 35.2 Å². The molecule has 0 heterocycles. The highest BCUT2D eigenvalue weighted by atomic mass is 32.1. The van der Waals surface area contributed by atoms with Crippen molar-refractivity contribution >= 4 is 17.2 Å². The molecule has 0 aliphatic rings. The summed E-state index contributed by atoms with van der Waals surface area (Å²) >= 11 is 5.06. The van der Waals surface area contributed by atoms with Gasteiger partial charge < -0.3 is 10.5 Å². The molecule has 0 radical (unpaired) electrons. The van der Waals surface area contributed by atoms with E-state index in [1.807, 2.05) is 0 Å². The van der Waals surface area contributed by atoms with Crippen molar-refractivity contribution < 1.29 is 4.74 Å². The van der Waals surface area contributed by atoms with Crippen molar-refractivity contribution in [1.82, 2.24) is 0 Å². The molecule has 1 aromatic carbocycles. The Hall–Kier alpha value is -1.09. The summed E-state index contributed by atoms with van der Waals surface area (Å²) in [5.41, 5.74) is 9.20. The third-order valence-corrected chi connectivity index (χ3v) is 4.07. The van der Waals surface area contributed by atoms with Crippen molar-refractivity contribution in [3.63, 3.8) is 0 Å². The first-order chi connectivity index (χ1) is 8.25. The van der Waals surface area contributed by atoms with E-state index >= 15 is 0 Å². The number of nitrogens with two attached hydrogens (primary N) is 1. The van der Waals surface area contributed by atoms with E-state index in [2.05, 4.69) is 46.8 Å². The minimum atomic E-state index is -0.152. The fourth-order valence-electron chi connectivity index (χ4n) is 1.68. The van der Waals surface area contributed by atoms with E-state index in [0.29, 0.717) is 11.6 Å². The molecule has 0 fully saturated rings. The first kappa shape index (κ1) is 15.0. The van der Waals surface area contributed by atoms with Crippen LogP contribution in [0.4, 0.5) is 0 Å². The van der Waals surface area contributed by atoms with Gasteiger partial charge in [-0.2, -0.15) is 0 Å². The molecule has 0 saturated heterocycles. The van der Waals surface area contributed by atoms with Crippen LogP contribution < -0.4 is 10.5 Å². The first-order valence-electron chi connectivity index (χ1n) is 6.25. The van der Waals surface area contributed by atoms with E-state index in [1.165, 1.54) is 16.7 Å². The van der Waals surface area contributed by atoms with Gasteiger partial charge in [0, 0.05) is 5.41 Å². The van der Waals surface area contributed by atoms with E-state index < -0.39 is 0 Å². The molecular weight excluding hydrogens is 242 g/mol. The minimum absolute atomic E-state index is 0.152. The molecule has 1 aromatic rings. The second-order valence-electron chi connectivity index (χ2n) is 5.50. The van der Waals surface area contributed by atoms with Crippen LogP contribution in [0.2, 0.25) is 0 Å². The highest BCUT2D eigenvalue weighted by Crippen LogP contribution is 2.27. The molecule has 18 heavy (non-hydrogen) atoms. The highest BCUT2D eigenvalue weighted by molar-refractivity contribution is 7.80. The number of rotatable bonds is 5. The second-order valence-corrected chi connectivity index (χ2v) is 5.94. The van der Waals surface area contributed by atoms with Crippen molar-refractivity contribution in [2.75, 3.05) is 6.61 Å². The summed E-state index contributed by atoms with van der Waals surface area (Å²) in [5.74, 6) is 0.994. The number of ether oxygens (including phenoxy) is 1. The second kappa shape index (κ2) is 5.70. The van der Waals surface area contributed by atoms with E-state index in [4.69, 9.17) is 22.7 Å². The SMILES string of the molecule is Cc1ccc(C)c(OCCC(C)(C)C(N)=S)c1C. The Bertz CT molecular complexity index is 452. The Morgan fingerprint density at radius 2 is 1.78 bits per heavy atom. The number of aryl methyl sites for hydroxylation is 2. The van der Waals surface area contributed by atoms with Crippen LogP contribution in [0.15, 0.2) is 12.1 Å². The number of thiocarbonyl (C=S) groups is 1. The molecule has 3 heteroatoms. The van der Waals surface area contributed by atoms with Gasteiger partial charge in [-0.05, 0) is 43.9 Å². The third-order valence-electron chi connectivity index (χ3n) is 3.51. The Morgan fingerprint density at radius 3 is 2.33 bits per heavy atom. The van der Waals surface area contributed by atoms with Gasteiger partial charge in [-0.3, -0.25) is 0 Å². The monoisotopic (exact) mass is 265 g/mol. The van der Waals surface area contributed by atoms with Gasteiger partial charge in [-0.15, -0.1) is 0 Å². The van der Waals surface area contributed by atoms with E-state index in [0.717, 1.165) is 12.2 Å². The van der Waals surface area contributed by atoms with Crippen LogP contribution in [0.3, 0.4) is 0 Å². The predicted molar refractivity (Wildman–Crippen MR) is 81.3 cm³/mol. The van der Waals surface area contributed by atoms with Gasteiger partial charge in [0.05, 0.1) is 11.6 Å². The highest BCUT2D eigenvalue weighted by Gasteiger charge is 2.21. The van der Waals surface area contributed by atoms with Crippen molar-refractivity contribution in [1.29, 1.82) is 0 Å². The summed E-state index contributed by atoms with van der Waals surface area (Å²) in [7, 11) is 0. The average Bonchev–Trinajstić information content (AvgIpc) is 2.28. The summed E-state index contributed by atoms with van der Waals surface area (Å²) in [6.07, 6.45) is 0.829. The van der Waals surface area contributed by atoms with Gasteiger partial charge in [-0.25, -0.2) is 0 Å². The molecule has 0 amide bonds. The van der Waals surface area contributed by atoms with Crippen LogP contribution in [0.25, 0.3) is 0 Å². The van der Waals surface area contributed by atoms with Crippen molar-refractivity contribution in [2.24, 2.45) is 11.1 Å². The third kappa shape index (κ3) is 3.45. The van der Waals surface area contributed by atoms with Gasteiger partial charge in [0.2, 0.25) is 0 Å². The van der Waals surface area contributed by atoms with Crippen LogP contribution in [0.1, 0.15) is 37.0 Å². The Balaban J connectivity index is 2.71. The van der Waals surface area contributed by atoms with Gasteiger partial charge in [0.15, 0.2) is 0 Å². The maximum atomic E-state index is 5.92. The number of hydrogen-bond acceptors (Lipinski definition) is 2. The normalized spacial score (nSPS) is 11.4. The van der Waals surface area contributed by atoms with Crippen molar-refractivity contribution in [3.8, 4) is 5.75 Å². The van der Waals surface area contributed by atoms with Crippen LogP contribution >= 0.6 is 12.2 Å². The van der Waals surface area contributed by atoms with Crippen LogP contribution in [0.5, 0.6) is 5.75 Å². The molecule has 2 N–H and O–H groups in total. The molecule has 2 nitrogen and oxygen atoms in total. The zero-order chi connectivity index (χ0) is 13.9. The fraction of sp³-hybridized carbons (Fsp3) is 0.533. The van der Waals surface area contributed by atoms with Crippen LogP contribution in [0, 0.1) is 26.2 Å². The first-order valence-corrected chi connectivity index (χ1v) is 6.66. The summed E-state index contributed by atoms with van der Waals surface area (Å²) in [4.78, 5) is 0.545. The van der Waals surface area contributed by atoms with E-state index in [-0.39, 0.29) is 5.41 Å². The molecule has 0 spiro atoms. The largest absolute Gasteiger partial charge is 0.493 e. The van der Waals surface area contributed by atoms with E-state index in [1.54, 1.807) is 0 Å². The Morgan fingerprint density at radius 1 is 1.22 bits per heavy atom. The maximum absolute atomic E-state index is 5.92. The average molecular weight is 265 g/mol. The fourth-order valence-corrected chi connectivity index (χ4v) is 1.78. The lowest BCUT2D eigenvalue weighted by Crippen LogP contribution is -2.31. The van der Waals surface area contributed by atoms with Gasteiger partial charge in [0.25, 0.3) is 0 Å². The number of hydrogen-bond donors (Lipinski definition) is 1. The molecule has 0 bridgehead atoms. The molecule has 0 aliphatic carbocycles. The van der Waals surface area contributed by atoms with Crippen molar-refractivity contribution in [3.05, 3.63) is 28.8 Å². The standard InChI is InChI=1S/C15H23NOS/c1-10-6-7-11(2)13(12(10)3)17-9-8-15(4,5)14(16)18/h6-7H,8-9H2,1-5H3,(H2,16,18). The quantitative estimate of drug-likeness (QED) is 0.825. The van der Waals surface area contributed by atoms with Crippen molar-refractivity contribution in [2.45, 2.75) is 41.0 Å². The zero-order valence-electron chi connectivity index (χ0n) is 12.0. The molecule has 0 aliphatic heterocycles. The van der Waals surface area contributed by atoms with Gasteiger partial charge in [-0.1, -0.05) is 38.2 Å². The van der Waals surface area contributed by atoms with Gasteiger partial charge >= 0.3 is 0 Å². The molecule has 1 rings (SSSR count). The molecule has 100 valence electrons. The smallest absolute Gasteiger partial charge is 0.125 e. The minimum Gasteiger partial charge on any atom is -0.493 e. The predicted octanol–water partition coefficient (Wildman–Crippen LogP) is 3.69. The van der Waals surface area contributed by atoms with Gasteiger partial charge in [0.1, 0.15) is 5.75 Å². The lowest BCUT2D eigenvalue weighted by molar-refractivity contribution is 0.267. The molecule has 0 saturated carbocycles. The summed E-state index contributed by atoms with van der Waals surface area (Å²) in [6, 6.07) is 4.22. The molecule has 0 aromatic heterocycles. The zero-order valence-corrected chi connectivity index (χ0v) is 12.8. The summed E-state index contributed by atoms with van der Waals surface area (Å²) in [6.45, 7) is 11.0. The lowest BCUT2D eigenvalue weighted by Gasteiger charge is -2.23. The van der Waals surface area contributed by atoms with Crippen LogP contribution in [-0.4, -0.2) is 11.6 Å². The molecular formula is C15H23NOS. The summed E-state index contributed by atoms with van der Waals surface area (Å²) in [5, 5.41) is 0. The molecule has 0 atom stereocenters. The Kier molecular flexibility index (Phi) is 4.74. The maximum Gasteiger partial charge on any atom is 0.125 e. The summed E-state index contributed by atoms with van der Waals surface area (Å²) < 4.78 is 5.92. The van der Waals surface area contributed by atoms with Crippen LogP contribution in [-0.2, 0) is 0 Å².